The molecule has 0 spiro atoms. The summed E-state index contributed by atoms with van der Waals surface area (Å²) >= 11 is 11.9. The zero-order chi connectivity index (χ0) is 15.5. The molecule has 2 rings (SSSR count). The molecule has 0 heterocycles. The molecule has 0 aliphatic carbocycles. The van der Waals surface area contributed by atoms with Crippen molar-refractivity contribution >= 4 is 33.2 Å². The van der Waals surface area contributed by atoms with E-state index in [2.05, 4.69) is 4.72 Å². The Labute approximate surface area is 135 Å². The van der Waals surface area contributed by atoms with E-state index in [1.807, 2.05) is 6.07 Å². The van der Waals surface area contributed by atoms with Crippen LogP contribution < -0.4 is 4.72 Å². The lowest BCUT2D eigenvalue weighted by Crippen LogP contribution is -2.26. The number of hydrogen-bond acceptors (Lipinski definition) is 2. The van der Waals surface area contributed by atoms with Gasteiger partial charge in [0.15, 0.2) is 0 Å². The van der Waals surface area contributed by atoms with Crippen molar-refractivity contribution < 1.29 is 8.42 Å². The average Bonchev–Trinajstić information content (AvgIpc) is 2.41. The van der Waals surface area contributed by atoms with Crippen LogP contribution in [0.1, 0.15) is 11.1 Å². The SMILES string of the molecule is Cc1ccccc1S(=O)(=O)NCCc1ccc(Cl)cc1Cl. The molecule has 0 saturated carbocycles. The predicted molar refractivity (Wildman–Crippen MR) is 86.5 cm³/mol. The van der Waals surface area contributed by atoms with Gasteiger partial charge in [0.25, 0.3) is 0 Å². The van der Waals surface area contributed by atoms with Crippen molar-refractivity contribution in [3.05, 3.63) is 63.6 Å². The average molecular weight is 344 g/mol. The number of hydrogen-bond donors (Lipinski definition) is 1. The summed E-state index contributed by atoms with van der Waals surface area (Å²) < 4.78 is 27.0. The van der Waals surface area contributed by atoms with Gasteiger partial charge < -0.3 is 0 Å². The minimum absolute atomic E-state index is 0.276. The van der Waals surface area contributed by atoms with Crippen molar-refractivity contribution in [3.8, 4) is 0 Å². The second kappa shape index (κ2) is 6.79. The van der Waals surface area contributed by atoms with Crippen molar-refractivity contribution in [1.29, 1.82) is 0 Å². The molecule has 0 fully saturated rings. The fraction of sp³-hybridized carbons (Fsp3) is 0.200. The van der Waals surface area contributed by atoms with Crippen LogP contribution in [0.5, 0.6) is 0 Å². The van der Waals surface area contributed by atoms with Gasteiger partial charge in [-0.15, -0.1) is 0 Å². The summed E-state index contributed by atoms with van der Waals surface area (Å²) in [5.41, 5.74) is 1.57. The highest BCUT2D eigenvalue weighted by Gasteiger charge is 2.15. The Morgan fingerprint density at radius 3 is 2.48 bits per heavy atom. The fourth-order valence-corrected chi connectivity index (χ4v) is 3.76. The van der Waals surface area contributed by atoms with Gasteiger partial charge in [0.2, 0.25) is 10.0 Å². The van der Waals surface area contributed by atoms with Gasteiger partial charge in [-0.05, 0) is 42.7 Å². The number of aryl methyl sites for hydroxylation is 1. The Morgan fingerprint density at radius 2 is 1.81 bits per heavy atom. The molecular weight excluding hydrogens is 329 g/mol. The van der Waals surface area contributed by atoms with E-state index < -0.39 is 10.0 Å². The van der Waals surface area contributed by atoms with Crippen molar-refractivity contribution in [2.45, 2.75) is 18.2 Å². The van der Waals surface area contributed by atoms with Crippen molar-refractivity contribution in [2.24, 2.45) is 0 Å². The molecule has 6 heteroatoms. The summed E-state index contributed by atoms with van der Waals surface area (Å²) in [4.78, 5) is 0.298. The lowest BCUT2D eigenvalue weighted by atomic mass is 10.1. The van der Waals surface area contributed by atoms with Crippen molar-refractivity contribution in [3.63, 3.8) is 0 Å². The molecule has 0 unspecified atom stereocenters. The van der Waals surface area contributed by atoms with E-state index in [1.165, 1.54) is 0 Å². The normalized spacial score (nSPS) is 11.6. The maximum Gasteiger partial charge on any atom is 0.240 e. The predicted octanol–water partition coefficient (Wildman–Crippen LogP) is 3.82. The van der Waals surface area contributed by atoms with Crippen LogP contribution in [0.3, 0.4) is 0 Å². The molecule has 0 saturated heterocycles. The van der Waals surface area contributed by atoms with E-state index >= 15 is 0 Å². The lowest BCUT2D eigenvalue weighted by molar-refractivity contribution is 0.581. The van der Waals surface area contributed by atoms with Gasteiger partial charge in [-0.2, -0.15) is 0 Å². The lowest BCUT2D eigenvalue weighted by Gasteiger charge is -2.10. The van der Waals surface area contributed by atoms with E-state index in [-0.39, 0.29) is 6.54 Å². The van der Waals surface area contributed by atoms with Crippen LogP contribution in [0.4, 0.5) is 0 Å². The quantitative estimate of drug-likeness (QED) is 0.896. The van der Waals surface area contributed by atoms with Crippen LogP contribution in [-0.2, 0) is 16.4 Å². The first kappa shape index (κ1) is 16.3. The third-order valence-electron chi connectivity index (χ3n) is 3.08. The highest BCUT2D eigenvalue weighted by Crippen LogP contribution is 2.21. The maximum atomic E-state index is 12.2. The zero-order valence-corrected chi connectivity index (χ0v) is 13.8. The summed E-state index contributed by atoms with van der Waals surface area (Å²) in [5.74, 6) is 0. The fourth-order valence-electron chi connectivity index (χ4n) is 1.98. The Kier molecular flexibility index (Phi) is 5.27. The summed E-state index contributed by atoms with van der Waals surface area (Å²) in [7, 11) is -3.50. The molecule has 0 aliphatic rings. The second-order valence-electron chi connectivity index (χ2n) is 4.65. The summed E-state index contributed by atoms with van der Waals surface area (Å²) in [6, 6.07) is 12.1. The number of nitrogens with one attached hydrogen (secondary N) is 1. The molecule has 0 radical (unpaired) electrons. The molecule has 1 N–H and O–H groups in total. The van der Waals surface area contributed by atoms with E-state index in [0.29, 0.717) is 21.4 Å². The van der Waals surface area contributed by atoms with Crippen LogP contribution in [-0.4, -0.2) is 15.0 Å². The molecule has 0 aromatic heterocycles. The van der Waals surface area contributed by atoms with Gasteiger partial charge in [0.05, 0.1) is 4.90 Å². The molecule has 2 aromatic carbocycles. The molecule has 112 valence electrons. The van der Waals surface area contributed by atoms with E-state index in [1.54, 1.807) is 43.3 Å². The van der Waals surface area contributed by atoms with Crippen LogP contribution >= 0.6 is 23.2 Å². The number of benzene rings is 2. The van der Waals surface area contributed by atoms with Gasteiger partial charge in [-0.1, -0.05) is 47.5 Å². The van der Waals surface area contributed by atoms with E-state index in [9.17, 15) is 8.42 Å². The molecule has 0 amide bonds. The van der Waals surface area contributed by atoms with Crippen molar-refractivity contribution in [1.82, 2.24) is 4.72 Å². The summed E-state index contributed by atoms with van der Waals surface area (Å²) in [5, 5.41) is 1.10. The minimum Gasteiger partial charge on any atom is -0.211 e. The van der Waals surface area contributed by atoms with Gasteiger partial charge >= 0.3 is 0 Å². The minimum atomic E-state index is -3.50. The van der Waals surface area contributed by atoms with E-state index in [4.69, 9.17) is 23.2 Å². The second-order valence-corrected chi connectivity index (χ2v) is 7.23. The largest absolute Gasteiger partial charge is 0.240 e. The number of sulfonamides is 1. The van der Waals surface area contributed by atoms with Gasteiger partial charge in [-0.25, -0.2) is 13.1 Å². The van der Waals surface area contributed by atoms with Crippen LogP contribution in [0.25, 0.3) is 0 Å². The molecule has 3 nitrogen and oxygen atoms in total. The molecule has 0 atom stereocenters. The first-order valence-corrected chi connectivity index (χ1v) is 8.63. The molecule has 21 heavy (non-hydrogen) atoms. The Balaban J connectivity index is 2.04. The van der Waals surface area contributed by atoms with Crippen molar-refractivity contribution in [2.75, 3.05) is 6.54 Å². The van der Waals surface area contributed by atoms with Crippen LogP contribution in [0, 0.1) is 6.92 Å². The third-order valence-corrected chi connectivity index (χ3v) is 5.29. The van der Waals surface area contributed by atoms with Gasteiger partial charge in [0, 0.05) is 16.6 Å². The van der Waals surface area contributed by atoms with Crippen LogP contribution in [0.15, 0.2) is 47.4 Å². The van der Waals surface area contributed by atoms with Gasteiger partial charge in [0.1, 0.15) is 0 Å². The van der Waals surface area contributed by atoms with Crippen LogP contribution in [0.2, 0.25) is 10.0 Å². The monoisotopic (exact) mass is 343 g/mol. The first-order chi connectivity index (χ1) is 9.90. The Bertz CT molecular complexity index is 745. The number of rotatable bonds is 5. The third kappa shape index (κ3) is 4.20. The topological polar surface area (TPSA) is 46.2 Å². The Hall–Kier alpha value is -1.07. The highest BCUT2D eigenvalue weighted by atomic mass is 35.5. The summed E-state index contributed by atoms with van der Waals surface area (Å²) in [6.07, 6.45) is 0.501. The first-order valence-electron chi connectivity index (χ1n) is 6.39. The molecule has 0 aliphatic heterocycles. The zero-order valence-electron chi connectivity index (χ0n) is 11.4. The standard InChI is InChI=1S/C15H15Cl2NO2S/c1-11-4-2-3-5-15(11)21(19,20)18-9-8-12-6-7-13(16)10-14(12)17/h2-7,10,18H,8-9H2,1H3. The Morgan fingerprint density at radius 1 is 1.10 bits per heavy atom. The van der Waals surface area contributed by atoms with Gasteiger partial charge in [-0.3, -0.25) is 0 Å². The molecule has 2 aromatic rings. The molecular formula is C15H15Cl2NO2S. The number of halogens is 2. The summed E-state index contributed by atoms with van der Waals surface area (Å²) in [6.45, 7) is 2.04. The highest BCUT2D eigenvalue weighted by molar-refractivity contribution is 7.89. The smallest absolute Gasteiger partial charge is 0.211 e. The maximum absolute atomic E-state index is 12.2. The molecule has 0 bridgehead atoms. The van der Waals surface area contributed by atoms with E-state index in [0.717, 1.165) is 11.1 Å².